The highest BCUT2D eigenvalue weighted by molar-refractivity contribution is 5.29. The van der Waals surface area contributed by atoms with E-state index in [0.717, 1.165) is 18.8 Å². The summed E-state index contributed by atoms with van der Waals surface area (Å²) >= 11 is 0. The van der Waals surface area contributed by atoms with E-state index in [1.807, 2.05) is 37.4 Å². The molecule has 0 spiro atoms. The minimum atomic E-state index is 0.0736. The lowest BCUT2D eigenvalue weighted by Crippen LogP contribution is -2.21. The highest BCUT2D eigenvalue weighted by atomic mass is 16.5. The minimum Gasteiger partial charge on any atom is -0.479 e. The van der Waals surface area contributed by atoms with E-state index in [1.54, 1.807) is 11.0 Å². The van der Waals surface area contributed by atoms with E-state index in [4.69, 9.17) is 10.00 Å². The molecule has 6 nitrogen and oxygen atoms in total. The highest BCUT2D eigenvalue weighted by Crippen LogP contribution is 2.17. The number of hydrogen-bond acceptors (Lipinski definition) is 5. The third-order valence-corrected chi connectivity index (χ3v) is 3.13. The molecule has 0 saturated carbocycles. The van der Waals surface area contributed by atoms with Crippen molar-refractivity contribution in [3.63, 3.8) is 0 Å². The van der Waals surface area contributed by atoms with Gasteiger partial charge < -0.3 is 10.1 Å². The van der Waals surface area contributed by atoms with Gasteiger partial charge in [0.25, 0.3) is 0 Å². The molecule has 0 amide bonds. The van der Waals surface area contributed by atoms with Crippen LogP contribution in [-0.4, -0.2) is 27.9 Å². The largest absolute Gasteiger partial charge is 0.479 e. The molecule has 1 heterocycles. The van der Waals surface area contributed by atoms with E-state index in [0.29, 0.717) is 5.75 Å². The van der Waals surface area contributed by atoms with Crippen molar-refractivity contribution in [3.8, 4) is 11.8 Å². The minimum absolute atomic E-state index is 0.0736. The highest BCUT2D eigenvalue weighted by Gasteiger charge is 2.06. The first-order chi connectivity index (χ1) is 10.2. The standard InChI is InChI=1S/C15H19N5O/c1-12(17-9-7-15-18-11-20(2)19-15)13-3-5-14(6-4-13)21-10-8-16/h3-6,11-12,17H,7,9-10H2,1-2H3. The Morgan fingerprint density at radius 3 is 2.76 bits per heavy atom. The third kappa shape index (κ3) is 4.58. The van der Waals surface area contributed by atoms with Crippen LogP contribution in [0.3, 0.4) is 0 Å². The molecule has 1 atom stereocenters. The summed E-state index contributed by atoms with van der Waals surface area (Å²) < 4.78 is 6.94. The van der Waals surface area contributed by atoms with E-state index in [1.165, 1.54) is 5.56 Å². The number of hydrogen-bond donors (Lipinski definition) is 1. The number of nitriles is 1. The summed E-state index contributed by atoms with van der Waals surface area (Å²) in [6.45, 7) is 3.00. The maximum Gasteiger partial charge on any atom is 0.174 e. The van der Waals surface area contributed by atoms with Crippen molar-refractivity contribution in [3.05, 3.63) is 42.0 Å². The number of nitrogens with zero attached hydrogens (tertiary/aromatic N) is 4. The van der Waals surface area contributed by atoms with Gasteiger partial charge in [0.05, 0.1) is 0 Å². The average Bonchev–Trinajstić information content (AvgIpc) is 2.91. The predicted molar refractivity (Wildman–Crippen MR) is 78.7 cm³/mol. The predicted octanol–water partition coefficient (Wildman–Crippen LogP) is 1.61. The van der Waals surface area contributed by atoms with Crippen molar-refractivity contribution < 1.29 is 4.74 Å². The van der Waals surface area contributed by atoms with Crippen LogP contribution in [0.15, 0.2) is 30.6 Å². The smallest absolute Gasteiger partial charge is 0.174 e. The van der Waals surface area contributed by atoms with Gasteiger partial charge in [-0.1, -0.05) is 12.1 Å². The van der Waals surface area contributed by atoms with Crippen molar-refractivity contribution in [2.24, 2.45) is 7.05 Å². The molecule has 21 heavy (non-hydrogen) atoms. The fraction of sp³-hybridized carbons (Fsp3) is 0.400. The van der Waals surface area contributed by atoms with Gasteiger partial charge in [-0.25, -0.2) is 4.98 Å². The van der Waals surface area contributed by atoms with E-state index in [-0.39, 0.29) is 12.6 Å². The maximum absolute atomic E-state index is 8.47. The zero-order valence-electron chi connectivity index (χ0n) is 12.3. The van der Waals surface area contributed by atoms with Crippen LogP contribution in [-0.2, 0) is 13.5 Å². The molecule has 0 aliphatic rings. The number of benzene rings is 1. The molecule has 110 valence electrons. The number of nitrogens with one attached hydrogen (secondary N) is 1. The van der Waals surface area contributed by atoms with Gasteiger partial charge >= 0.3 is 0 Å². The van der Waals surface area contributed by atoms with Crippen LogP contribution in [0.25, 0.3) is 0 Å². The molecule has 1 N–H and O–H groups in total. The van der Waals surface area contributed by atoms with Gasteiger partial charge in [-0.3, -0.25) is 4.68 Å². The van der Waals surface area contributed by atoms with Crippen LogP contribution < -0.4 is 10.1 Å². The lowest BCUT2D eigenvalue weighted by molar-refractivity contribution is 0.368. The van der Waals surface area contributed by atoms with Crippen molar-refractivity contribution in [1.29, 1.82) is 5.26 Å². The molecule has 1 aromatic heterocycles. The monoisotopic (exact) mass is 285 g/mol. The second-order valence-corrected chi connectivity index (χ2v) is 4.78. The Kier molecular flexibility index (Phi) is 5.29. The number of aryl methyl sites for hydroxylation is 1. The summed E-state index contributed by atoms with van der Waals surface area (Å²) in [6.07, 6.45) is 2.51. The molecule has 0 bridgehead atoms. The van der Waals surface area contributed by atoms with Crippen LogP contribution in [0.5, 0.6) is 5.75 Å². The second-order valence-electron chi connectivity index (χ2n) is 4.78. The molecule has 0 aliphatic heterocycles. The van der Waals surface area contributed by atoms with Gasteiger partial charge in [-0.15, -0.1) is 0 Å². The molecule has 6 heteroatoms. The summed E-state index contributed by atoms with van der Waals surface area (Å²) in [5.41, 5.74) is 1.17. The van der Waals surface area contributed by atoms with Gasteiger partial charge in [-0.2, -0.15) is 10.4 Å². The molecule has 2 aromatic rings. The summed E-state index contributed by atoms with van der Waals surface area (Å²) in [6, 6.07) is 9.95. The van der Waals surface area contributed by atoms with Crippen LogP contribution in [0.2, 0.25) is 0 Å². The lowest BCUT2D eigenvalue weighted by Gasteiger charge is -2.14. The normalized spacial score (nSPS) is 11.9. The van der Waals surface area contributed by atoms with E-state index < -0.39 is 0 Å². The maximum atomic E-state index is 8.47. The molecule has 2 rings (SSSR count). The molecule has 0 aliphatic carbocycles. The van der Waals surface area contributed by atoms with Crippen molar-refractivity contribution in [1.82, 2.24) is 20.1 Å². The Bertz CT molecular complexity index is 599. The number of ether oxygens (including phenoxy) is 1. The van der Waals surface area contributed by atoms with Gasteiger partial charge in [0.15, 0.2) is 12.4 Å². The Balaban J connectivity index is 1.80. The topological polar surface area (TPSA) is 75.8 Å². The van der Waals surface area contributed by atoms with Crippen LogP contribution in [0.4, 0.5) is 0 Å². The summed E-state index contributed by atoms with van der Waals surface area (Å²) in [5.74, 6) is 1.56. The molecule has 0 saturated heterocycles. The first-order valence-electron chi connectivity index (χ1n) is 6.86. The van der Waals surface area contributed by atoms with Crippen molar-refractivity contribution >= 4 is 0 Å². The van der Waals surface area contributed by atoms with Crippen LogP contribution in [0.1, 0.15) is 24.4 Å². The Morgan fingerprint density at radius 2 is 2.14 bits per heavy atom. The Morgan fingerprint density at radius 1 is 1.38 bits per heavy atom. The Labute approximate surface area is 124 Å². The van der Waals surface area contributed by atoms with Crippen LogP contribution in [0, 0.1) is 11.3 Å². The van der Waals surface area contributed by atoms with Crippen LogP contribution >= 0.6 is 0 Å². The molecular weight excluding hydrogens is 266 g/mol. The second kappa shape index (κ2) is 7.41. The summed E-state index contributed by atoms with van der Waals surface area (Å²) in [7, 11) is 1.86. The zero-order valence-corrected chi connectivity index (χ0v) is 12.3. The quantitative estimate of drug-likeness (QED) is 0.836. The lowest BCUT2D eigenvalue weighted by atomic mass is 10.1. The molecular formula is C15H19N5O. The first-order valence-corrected chi connectivity index (χ1v) is 6.86. The van der Waals surface area contributed by atoms with Gasteiger partial charge in [0.2, 0.25) is 0 Å². The molecule has 0 radical (unpaired) electrons. The SMILES string of the molecule is CC(NCCc1ncn(C)n1)c1ccc(OCC#N)cc1. The van der Waals surface area contributed by atoms with Gasteiger partial charge in [-0.05, 0) is 24.6 Å². The van der Waals surface area contributed by atoms with E-state index in [2.05, 4.69) is 22.3 Å². The van der Waals surface area contributed by atoms with Crippen molar-refractivity contribution in [2.75, 3.05) is 13.2 Å². The molecule has 1 unspecified atom stereocenters. The fourth-order valence-electron chi connectivity index (χ4n) is 1.99. The van der Waals surface area contributed by atoms with Gasteiger partial charge in [0.1, 0.15) is 18.1 Å². The molecule has 0 fully saturated rings. The zero-order chi connectivity index (χ0) is 15.1. The first kappa shape index (κ1) is 15.0. The number of rotatable bonds is 7. The van der Waals surface area contributed by atoms with Crippen molar-refractivity contribution in [2.45, 2.75) is 19.4 Å². The summed E-state index contributed by atoms with van der Waals surface area (Å²) in [5, 5.41) is 16.1. The average molecular weight is 285 g/mol. The summed E-state index contributed by atoms with van der Waals surface area (Å²) in [4.78, 5) is 4.19. The van der Waals surface area contributed by atoms with Gasteiger partial charge in [0, 0.05) is 26.1 Å². The van der Waals surface area contributed by atoms with E-state index in [9.17, 15) is 0 Å². The Hall–Kier alpha value is -2.39. The third-order valence-electron chi connectivity index (χ3n) is 3.13. The van der Waals surface area contributed by atoms with E-state index >= 15 is 0 Å². The molecule has 1 aromatic carbocycles. The number of aromatic nitrogens is 3. The fourth-order valence-corrected chi connectivity index (χ4v) is 1.99.